The molecule has 1 aliphatic heterocycles. The van der Waals surface area contributed by atoms with E-state index in [1.165, 1.54) is 5.56 Å². The average molecular weight is 320 g/mol. The van der Waals surface area contributed by atoms with Gasteiger partial charge in [0.2, 0.25) is 5.91 Å². The molecule has 1 aliphatic rings. The Labute approximate surface area is 138 Å². The third kappa shape index (κ3) is 5.94. The van der Waals surface area contributed by atoms with Gasteiger partial charge in [0.05, 0.1) is 25.7 Å². The topological polar surface area (TPSA) is 53.0 Å². The number of likely N-dealkylation sites (N-methyl/N-ethyl adjacent to an activating group) is 1. The van der Waals surface area contributed by atoms with Crippen molar-refractivity contribution in [1.82, 2.24) is 9.80 Å². The van der Waals surface area contributed by atoms with Gasteiger partial charge < -0.3 is 14.7 Å². The molecule has 1 atom stereocenters. The van der Waals surface area contributed by atoms with Gasteiger partial charge in [-0.15, -0.1) is 0 Å². The fourth-order valence-corrected chi connectivity index (χ4v) is 2.76. The first-order valence-corrected chi connectivity index (χ1v) is 8.38. The van der Waals surface area contributed by atoms with Gasteiger partial charge in [0.25, 0.3) is 0 Å². The number of carbonyl (C=O) groups excluding carboxylic acids is 1. The Morgan fingerprint density at radius 2 is 1.87 bits per heavy atom. The number of aryl methyl sites for hydroxylation is 1. The number of morpholine rings is 1. The number of hydrogen-bond donors (Lipinski definition) is 1. The molecule has 23 heavy (non-hydrogen) atoms. The Hall–Kier alpha value is -1.43. The number of ether oxygens (including phenoxy) is 1. The summed E-state index contributed by atoms with van der Waals surface area (Å²) in [6.07, 6.45) is 0.858. The number of benzene rings is 1. The van der Waals surface area contributed by atoms with Crippen molar-refractivity contribution >= 4 is 5.91 Å². The Kier molecular flexibility index (Phi) is 7.02. The van der Waals surface area contributed by atoms with Crippen molar-refractivity contribution in [2.24, 2.45) is 0 Å². The van der Waals surface area contributed by atoms with E-state index >= 15 is 0 Å². The van der Waals surface area contributed by atoms with Crippen LogP contribution in [0.1, 0.15) is 18.1 Å². The molecule has 5 heteroatoms. The summed E-state index contributed by atoms with van der Waals surface area (Å²) >= 11 is 0. The van der Waals surface area contributed by atoms with Crippen molar-refractivity contribution in [3.05, 3.63) is 35.4 Å². The Morgan fingerprint density at radius 3 is 2.48 bits per heavy atom. The summed E-state index contributed by atoms with van der Waals surface area (Å²) in [7, 11) is 1.76. The van der Waals surface area contributed by atoms with Crippen LogP contribution in [-0.4, -0.2) is 73.4 Å². The molecule has 5 nitrogen and oxygen atoms in total. The molecule has 0 radical (unpaired) electrons. The number of hydrogen-bond acceptors (Lipinski definition) is 4. The van der Waals surface area contributed by atoms with Crippen LogP contribution >= 0.6 is 0 Å². The molecule has 1 fully saturated rings. The first kappa shape index (κ1) is 17.9. The van der Waals surface area contributed by atoms with Crippen molar-refractivity contribution in [1.29, 1.82) is 0 Å². The number of aliphatic hydroxyl groups is 1. The Bertz CT molecular complexity index is 484. The number of amides is 1. The van der Waals surface area contributed by atoms with Gasteiger partial charge >= 0.3 is 0 Å². The minimum absolute atomic E-state index is 0.0373. The van der Waals surface area contributed by atoms with E-state index in [0.29, 0.717) is 19.5 Å². The molecule has 0 aliphatic carbocycles. The molecule has 0 bridgehead atoms. The minimum atomic E-state index is -0.524. The van der Waals surface area contributed by atoms with E-state index in [4.69, 9.17) is 4.74 Å². The van der Waals surface area contributed by atoms with E-state index < -0.39 is 6.10 Å². The first-order chi connectivity index (χ1) is 11.1. The number of nitrogens with zero attached hydrogens (tertiary/aromatic N) is 2. The van der Waals surface area contributed by atoms with Crippen molar-refractivity contribution in [3.63, 3.8) is 0 Å². The molecule has 0 aromatic heterocycles. The summed E-state index contributed by atoms with van der Waals surface area (Å²) < 4.78 is 5.30. The smallest absolute Gasteiger partial charge is 0.226 e. The third-order valence-electron chi connectivity index (χ3n) is 4.27. The van der Waals surface area contributed by atoms with Crippen LogP contribution in [0.25, 0.3) is 0 Å². The Morgan fingerprint density at radius 1 is 1.26 bits per heavy atom. The van der Waals surface area contributed by atoms with Crippen LogP contribution in [0.2, 0.25) is 0 Å². The van der Waals surface area contributed by atoms with Gasteiger partial charge in [-0.25, -0.2) is 0 Å². The molecule has 1 aromatic rings. The van der Waals surface area contributed by atoms with Crippen LogP contribution in [0.4, 0.5) is 0 Å². The Balaban J connectivity index is 1.76. The second kappa shape index (κ2) is 9.01. The van der Waals surface area contributed by atoms with E-state index in [9.17, 15) is 9.90 Å². The molecule has 1 amide bonds. The van der Waals surface area contributed by atoms with E-state index in [0.717, 1.165) is 38.3 Å². The molecule has 128 valence electrons. The average Bonchev–Trinajstić information content (AvgIpc) is 2.56. The molecule has 1 saturated heterocycles. The highest BCUT2D eigenvalue weighted by molar-refractivity contribution is 5.78. The lowest BCUT2D eigenvalue weighted by molar-refractivity contribution is -0.130. The van der Waals surface area contributed by atoms with Crippen molar-refractivity contribution in [2.75, 3.05) is 46.4 Å². The van der Waals surface area contributed by atoms with E-state index in [1.807, 2.05) is 12.1 Å². The molecule has 1 unspecified atom stereocenters. The van der Waals surface area contributed by atoms with Gasteiger partial charge in [0.15, 0.2) is 0 Å². The van der Waals surface area contributed by atoms with E-state index in [2.05, 4.69) is 24.0 Å². The first-order valence-electron chi connectivity index (χ1n) is 8.38. The molecule has 1 N–H and O–H groups in total. The zero-order chi connectivity index (χ0) is 16.7. The van der Waals surface area contributed by atoms with Gasteiger partial charge in [-0.05, 0) is 17.5 Å². The van der Waals surface area contributed by atoms with Crippen LogP contribution < -0.4 is 0 Å². The molecule has 1 heterocycles. The fourth-order valence-electron chi connectivity index (χ4n) is 2.76. The quantitative estimate of drug-likeness (QED) is 0.812. The summed E-state index contributed by atoms with van der Waals surface area (Å²) in [5.74, 6) is 0.0373. The van der Waals surface area contributed by atoms with Gasteiger partial charge in [0.1, 0.15) is 0 Å². The highest BCUT2D eigenvalue weighted by Crippen LogP contribution is 2.07. The predicted molar refractivity (Wildman–Crippen MR) is 90.4 cm³/mol. The van der Waals surface area contributed by atoms with Gasteiger partial charge in [-0.2, -0.15) is 0 Å². The summed E-state index contributed by atoms with van der Waals surface area (Å²) in [6, 6.07) is 8.15. The third-order valence-corrected chi connectivity index (χ3v) is 4.27. The maximum Gasteiger partial charge on any atom is 0.226 e. The second-order valence-corrected chi connectivity index (χ2v) is 6.19. The summed E-state index contributed by atoms with van der Waals surface area (Å²) in [5, 5.41) is 10.2. The van der Waals surface area contributed by atoms with Crippen LogP contribution in [0.5, 0.6) is 0 Å². The summed E-state index contributed by atoms with van der Waals surface area (Å²) in [4.78, 5) is 16.1. The molecule has 2 rings (SSSR count). The molecular weight excluding hydrogens is 292 g/mol. The van der Waals surface area contributed by atoms with Crippen molar-refractivity contribution in [3.8, 4) is 0 Å². The van der Waals surface area contributed by atoms with Crippen LogP contribution in [0.15, 0.2) is 24.3 Å². The second-order valence-electron chi connectivity index (χ2n) is 6.19. The summed E-state index contributed by atoms with van der Waals surface area (Å²) in [5.41, 5.74) is 2.29. The predicted octanol–water partition coefficient (Wildman–Crippen LogP) is 0.943. The lowest BCUT2D eigenvalue weighted by Gasteiger charge is -2.30. The van der Waals surface area contributed by atoms with Gasteiger partial charge in [-0.1, -0.05) is 31.2 Å². The van der Waals surface area contributed by atoms with Crippen molar-refractivity contribution in [2.45, 2.75) is 25.9 Å². The van der Waals surface area contributed by atoms with Crippen LogP contribution in [0.3, 0.4) is 0 Å². The van der Waals surface area contributed by atoms with Crippen LogP contribution in [-0.2, 0) is 22.4 Å². The molecular formula is C18H28N2O3. The minimum Gasteiger partial charge on any atom is -0.390 e. The SMILES string of the molecule is CCc1ccc(CC(=O)N(C)CC(O)CN2CCOCC2)cc1. The number of carbonyl (C=O) groups is 1. The largest absolute Gasteiger partial charge is 0.390 e. The maximum absolute atomic E-state index is 12.3. The molecule has 1 aromatic carbocycles. The number of aliphatic hydroxyl groups excluding tert-OH is 1. The van der Waals surface area contributed by atoms with E-state index in [-0.39, 0.29) is 5.91 Å². The molecule has 0 spiro atoms. The highest BCUT2D eigenvalue weighted by Gasteiger charge is 2.18. The lowest BCUT2D eigenvalue weighted by atomic mass is 10.1. The fraction of sp³-hybridized carbons (Fsp3) is 0.611. The van der Waals surface area contributed by atoms with Gasteiger partial charge in [-0.3, -0.25) is 9.69 Å². The van der Waals surface area contributed by atoms with Crippen LogP contribution in [0, 0.1) is 0 Å². The standard InChI is InChI=1S/C18H28N2O3/c1-3-15-4-6-16(7-5-15)12-18(22)19(2)13-17(21)14-20-8-10-23-11-9-20/h4-7,17,21H,3,8-14H2,1-2H3. The van der Waals surface area contributed by atoms with E-state index in [1.54, 1.807) is 11.9 Å². The highest BCUT2D eigenvalue weighted by atomic mass is 16.5. The zero-order valence-corrected chi connectivity index (χ0v) is 14.2. The summed E-state index contributed by atoms with van der Waals surface area (Å²) in [6.45, 7) is 6.20. The monoisotopic (exact) mass is 320 g/mol. The zero-order valence-electron chi connectivity index (χ0n) is 14.2. The molecule has 0 saturated carbocycles. The number of β-amino-alcohol motifs (C(OH)–C–C–N with tert-alkyl or cyclic N) is 1. The van der Waals surface area contributed by atoms with Gasteiger partial charge in [0, 0.05) is 33.2 Å². The van der Waals surface area contributed by atoms with Crippen molar-refractivity contribution < 1.29 is 14.6 Å². The lowest BCUT2D eigenvalue weighted by Crippen LogP contribution is -2.45. The normalized spacial score (nSPS) is 17.0. The number of rotatable bonds is 7. The maximum atomic E-state index is 12.3.